The van der Waals surface area contributed by atoms with E-state index in [4.69, 9.17) is 9.84 Å². The van der Waals surface area contributed by atoms with Crippen molar-refractivity contribution in [3.63, 3.8) is 0 Å². The van der Waals surface area contributed by atoms with Gasteiger partial charge in [0.05, 0.1) is 6.61 Å². The standard InChI is InChI=1S/C14H21NO2/c1-3-9-17-14-7-5-12(6-8-14)10-15-13(4-2)11-16/h3,5-8,13,15-16H,1,4,9-11H2,2H3/p+1/t13-/m0/s1. The molecule has 0 radical (unpaired) electrons. The van der Waals surface area contributed by atoms with Gasteiger partial charge in [-0.1, -0.05) is 19.6 Å². The maximum absolute atomic E-state index is 9.08. The summed E-state index contributed by atoms with van der Waals surface area (Å²) in [4.78, 5) is 0. The molecule has 0 unspecified atom stereocenters. The highest BCUT2D eigenvalue weighted by Gasteiger charge is 2.07. The maximum Gasteiger partial charge on any atom is 0.119 e. The summed E-state index contributed by atoms with van der Waals surface area (Å²) in [6.07, 6.45) is 2.71. The van der Waals surface area contributed by atoms with Crippen molar-refractivity contribution in [3.05, 3.63) is 42.5 Å². The van der Waals surface area contributed by atoms with Gasteiger partial charge in [-0.2, -0.15) is 0 Å². The van der Waals surface area contributed by atoms with Gasteiger partial charge < -0.3 is 15.2 Å². The first-order valence-corrected chi connectivity index (χ1v) is 6.07. The average molecular weight is 236 g/mol. The molecule has 0 aliphatic carbocycles. The Labute approximate surface area is 103 Å². The SMILES string of the molecule is C=CCOc1ccc(C[NH2+][C@@H](CC)CO)cc1. The fourth-order valence-electron chi connectivity index (χ4n) is 1.55. The van der Waals surface area contributed by atoms with Gasteiger partial charge in [0.15, 0.2) is 0 Å². The fourth-order valence-corrected chi connectivity index (χ4v) is 1.55. The van der Waals surface area contributed by atoms with Crippen LogP contribution in [-0.2, 0) is 6.54 Å². The van der Waals surface area contributed by atoms with Gasteiger partial charge in [-0.25, -0.2) is 0 Å². The maximum atomic E-state index is 9.08. The summed E-state index contributed by atoms with van der Waals surface area (Å²) < 4.78 is 5.41. The van der Waals surface area contributed by atoms with Crippen molar-refractivity contribution in [1.82, 2.24) is 0 Å². The zero-order chi connectivity index (χ0) is 12.5. The van der Waals surface area contributed by atoms with Crippen LogP contribution in [0.25, 0.3) is 0 Å². The van der Waals surface area contributed by atoms with Crippen molar-refractivity contribution in [3.8, 4) is 5.75 Å². The van der Waals surface area contributed by atoms with Gasteiger partial charge in [0.2, 0.25) is 0 Å². The van der Waals surface area contributed by atoms with E-state index in [1.165, 1.54) is 5.56 Å². The van der Waals surface area contributed by atoms with Crippen molar-refractivity contribution < 1.29 is 15.2 Å². The molecule has 0 spiro atoms. The lowest BCUT2D eigenvalue weighted by molar-refractivity contribution is -0.706. The van der Waals surface area contributed by atoms with Crippen LogP contribution in [0.15, 0.2) is 36.9 Å². The van der Waals surface area contributed by atoms with Crippen LogP contribution in [0.1, 0.15) is 18.9 Å². The third kappa shape index (κ3) is 5.02. The summed E-state index contributed by atoms with van der Waals surface area (Å²) in [7, 11) is 0. The molecule has 0 aliphatic rings. The highest BCUT2D eigenvalue weighted by Crippen LogP contribution is 2.11. The van der Waals surface area contributed by atoms with Crippen LogP contribution in [0.4, 0.5) is 0 Å². The summed E-state index contributed by atoms with van der Waals surface area (Å²) in [5.74, 6) is 0.864. The summed E-state index contributed by atoms with van der Waals surface area (Å²) >= 11 is 0. The van der Waals surface area contributed by atoms with Crippen LogP contribution in [-0.4, -0.2) is 24.4 Å². The molecule has 0 aromatic heterocycles. The van der Waals surface area contributed by atoms with E-state index in [0.29, 0.717) is 12.6 Å². The molecule has 1 aromatic carbocycles. The second-order valence-corrected chi connectivity index (χ2v) is 4.03. The molecule has 0 bridgehead atoms. The molecule has 3 nitrogen and oxygen atoms in total. The lowest BCUT2D eigenvalue weighted by Crippen LogP contribution is -2.89. The monoisotopic (exact) mass is 236 g/mol. The van der Waals surface area contributed by atoms with Crippen LogP contribution >= 0.6 is 0 Å². The molecule has 3 N–H and O–H groups in total. The number of hydrogen-bond donors (Lipinski definition) is 2. The van der Waals surface area contributed by atoms with Gasteiger partial charge >= 0.3 is 0 Å². The first-order valence-electron chi connectivity index (χ1n) is 6.07. The minimum Gasteiger partial charge on any atom is -0.490 e. The lowest BCUT2D eigenvalue weighted by Gasteiger charge is -2.10. The van der Waals surface area contributed by atoms with Crippen LogP contribution in [0, 0.1) is 0 Å². The molecule has 0 saturated carbocycles. The molecule has 0 heterocycles. The Morgan fingerprint density at radius 3 is 2.65 bits per heavy atom. The lowest BCUT2D eigenvalue weighted by atomic mass is 10.2. The predicted molar refractivity (Wildman–Crippen MR) is 68.9 cm³/mol. The Morgan fingerprint density at radius 1 is 1.41 bits per heavy atom. The van der Waals surface area contributed by atoms with Crippen molar-refractivity contribution in [2.75, 3.05) is 13.2 Å². The van der Waals surface area contributed by atoms with Gasteiger partial charge in [-0.05, 0) is 30.7 Å². The van der Waals surface area contributed by atoms with E-state index in [1.807, 2.05) is 12.1 Å². The Kier molecular flexibility index (Phi) is 6.37. The molecule has 17 heavy (non-hydrogen) atoms. The molecule has 0 amide bonds. The van der Waals surface area contributed by atoms with E-state index >= 15 is 0 Å². The second kappa shape index (κ2) is 7.87. The second-order valence-electron chi connectivity index (χ2n) is 4.03. The number of rotatable bonds is 8. The third-order valence-electron chi connectivity index (χ3n) is 2.74. The first kappa shape index (κ1) is 13.7. The van der Waals surface area contributed by atoms with Gasteiger partial charge in [-0.15, -0.1) is 0 Å². The number of aliphatic hydroxyl groups is 1. The Bertz CT molecular complexity index is 317. The van der Waals surface area contributed by atoms with Crippen molar-refractivity contribution in [1.29, 1.82) is 0 Å². The highest BCUT2D eigenvalue weighted by molar-refractivity contribution is 5.26. The van der Waals surface area contributed by atoms with E-state index in [-0.39, 0.29) is 6.61 Å². The average Bonchev–Trinajstić information content (AvgIpc) is 2.39. The normalized spacial score (nSPS) is 12.1. The van der Waals surface area contributed by atoms with E-state index in [1.54, 1.807) is 6.08 Å². The number of quaternary nitrogens is 1. The number of ether oxygens (including phenoxy) is 1. The number of hydrogen-bond acceptors (Lipinski definition) is 2. The van der Waals surface area contributed by atoms with E-state index in [9.17, 15) is 0 Å². The molecule has 1 atom stereocenters. The summed E-state index contributed by atoms with van der Waals surface area (Å²) in [5.41, 5.74) is 1.24. The quantitative estimate of drug-likeness (QED) is 0.664. The molecule has 1 aromatic rings. The molecular formula is C14H22NO2+. The van der Waals surface area contributed by atoms with Gasteiger partial charge in [-0.3, -0.25) is 0 Å². The summed E-state index contributed by atoms with van der Waals surface area (Å²) in [6, 6.07) is 8.34. The molecule has 0 fully saturated rings. The minimum absolute atomic E-state index is 0.233. The van der Waals surface area contributed by atoms with Crippen LogP contribution in [0.2, 0.25) is 0 Å². The van der Waals surface area contributed by atoms with E-state index < -0.39 is 0 Å². The minimum atomic E-state index is 0.233. The topological polar surface area (TPSA) is 46.1 Å². The summed E-state index contributed by atoms with van der Waals surface area (Å²) in [5, 5.41) is 11.3. The number of aliphatic hydroxyl groups excluding tert-OH is 1. The van der Waals surface area contributed by atoms with Crippen molar-refractivity contribution in [2.45, 2.75) is 25.9 Å². The fraction of sp³-hybridized carbons (Fsp3) is 0.429. The van der Waals surface area contributed by atoms with Gasteiger partial charge in [0, 0.05) is 5.56 Å². The van der Waals surface area contributed by atoms with Crippen molar-refractivity contribution in [2.24, 2.45) is 0 Å². The number of nitrogens with two attached hydrogens (primary N) is 1. The summed E-state index contributed by atoms with van der Waals surface area (Å²) in [6.45, 7) is 7.35. The molecule has 1 rings (SSSR count). The Morgan fingerprint density at radius 2 is 2.12 bits per heavy atom. The smallest absolute Gasteiger partial charge is 0.119 e. The van der Waals surface area contributed by atoms with Crippen LogP contribution in [0.5, 0.6) is 5.75 Å². The number of benzene rings is 1. The largest absolute Gasteiger partial charge is 0.490 e. The molecule has 0 aliphatic heterocycles. The molecule has 0 saturated heterocycles. The first-order chi connectivity index (χ1) is 8.30. The van der Waals surface area contributed by atoms with Crippen LogP contribution < -0.4 is 10.1 Å². The Hall–Kier alpha value is -1.32. The molecule has 94 valence electrons. The van der Waals surface area contributed by atoms with E-state index in [0.717, 1.165) is 18.7 Å². The third-order valence-corrected chi connectivity index (χ3v) is 2.74. The molecule has 3 heteroatoms. The van der Waals surface area contributed by atoms with Gasteiger partial charge in [0.1, 0.15) is 24.9 Å². The zero-order valence-corrected chi connectivity index (χ0v) is 10.4. The van der Waals surface area contributed by atoms with Gasteiger partial charge in [0.25, 0.3) is 0 Å². The predicted octanol–water partition coefficient (Wildman–Crippen LogP) is 1.09. The molecular weight excluding hydrogens is 214 g/mol. The zero-order valence-electron chi connectivity index (χ0n) is 10.4. The van der Waals surface area contributed by atoms with E-state index in [2.05, 4.69) is 31.0 Å². The Balaban J connectivity index is 2.42. The van der Waals surface area contributed by atoms with Crippen LogP contribution in [0.3, 0.4) is 0 Å². The van der Waals surface area contributed by atoms with Crippen molar-refractivity contribution >= 4 is 0 Å². The highest BCUT2D eigenvalue weighted by atomic mass is 16.5.